The second-order valence-corrected chi connectivity index (χ2v) is 3.66. The van der Waals surface area contributed by atoms with Crippen LogP contribution in [0, 0.1) is 11.8 Å². The van der Waals surface area contributed by atoms with Crippen molar-refractivity contribution < 1.29 is 18.3 Å². The molecule has 1 saturated carbocycles. The molecule has 0 aromatic heterocycles. The first-order valence-electron chi connectivity index (χ1n) is 4.42. The maximum atomic E-state index is 13.2. The number of alkyl halides is 2. The predicted octanol–water partition coefficient (Wildman–Crippen LogP) is 1.88. The van der Waals surface area contributed by atoms with Crippen LogP contribution in [0.2, 0.25) is 0 Å². The van der Waals surface area contributed by atoms with Gasteiger partial charge in [0, 0.05) is 0 Å². The van der Waals surface area contributed by atoms with E-state index in [1.807, 2.05) is 0 Å². The first-order chi connectivity index (χ1) is 6.06. The molecule has 0 radical (unpaired) electrons. The summed E-state index contributed by atoms with van der Waals surface area (Å²) in [7, 11) is 1.15. The van der Waals surface area contributed by atoms with Gasteiger partial charge in [0.15, 0.2) is 0 Å². The van der Waals surface area contributed by atoms with E-state index in [4.69, 9.17) is 0 Å². The number of ether oxygens (including phenoxy) is 1. The van der Waals surface area contributed by atoms with Crippen LogP contribution in [0.3, 0.4) is 0 Å². The van der Waals surface area contributed by atoms with Gasteiger partial charge in [-0.15, -0.1) is 0 Å². The van der Waals surface area contributed by atoms with E-state index < -0.39 is 24.2 Å². The zero-order chi connectivity index (χ0) is 10.0. The third-order valence-electron chi connectivity index (χ3n) is 2.51. The Hall–Kier alpha value is -0.670. The maximum Gasteiger partial charge on any atom is 0.314 e. The Kier molecular flexibility index (Phi) is 3.22. The molecule has 2 unspecified atom stereocenters. The van der Waals surface area contributed by atoms with Gasteiger partial charge in [0.25, 0.3) is 0 Å². The van der Waals surface area contributed by atoms with Crippen molar-refractivity contribution in [1.29, 1.82) is 0 Å². The molecule has 1 aliphatic carbocycles. The van der Waals surface area contributed by atoms with Crippen LogP contribution in [0.1, 0.15) is 19.8 Å². The molecule has 0 aromatic rings. The molecule has 0 spiro atoms. The van der Waals surface area contributed by atoms with Crippen molar-refractivity contribution in [2.24, 2.45) is 11.8 Å². The summed E-state index contributed by atoms with van der Waals surface area (Å²) in [6.45, 7) is 1.78. The number of rotatable bonds is 1. The highest BCUT2D eigenvalue weighted by Gasteiger charge is 2.42. The smallest absolute Gasteiger partial charge is 0.314 e. The van der Waals surface area contributed by atoms with Crippen LogP contribution in [0.5, 0.6) is 0 Å². The zero-order valence-electron chi connectivity index (χ0n) is 7.80. The predicted molar refractivity (Wildman–Crippen MR) is 43.7 cm³/mol. The van der Waals surface area contributed by atoms with Crippen molar-refractivity contribution in [2.75, 3.05) is 7.11 Å². The summed E-state index contributed by atoms with van der Waals surface area (Å²) < 4.78 is 30.8. The summed E-state index contributed by atoms with van der Waals surface area (Å²) in [5.41, 5.74) is 0. The first-order valence-corrected chi connectivity index (χ1v) is 4.42. The van der Waals surface area contributed by atoms with Gasteiger partial charge in [-0.25, -0.2) is 8.78 Å². The quantitative estimate of drug-likeness (QED) is 0.593. The Labute approximate surface area is 76.3 Å². The van der Waals surface area contributed by atoms with E-state index in [0.29, 0.717) is 0 Å². The molecular weight excluding hydrogens is 178 g/mol. The van der Waals surface area contributed by atoms with E-state index in [1.165, 1.54) is 0 Å². The van der Waals surface area contributed by atoms with E-state index in [1.54, 1.807) is 6.92 Å². The largest absolute Gasteiger partial charge is 0.469 e. The number of methoxy groups -OCH3 is 1. The van der Waals surface area contributed by atoms with E-state index in [9.17, 15) is 13.6 Å². The average Bonchev–Trinajstić information content (AvgIpc) is 2.02. The Morgan fingerprint density at radius 3 is 2.15 bits per heavy atom. The minimum Gasteiger partial charge on any atom is -0.469 e. The molecule has 0 aromatic carbocycles. The molecule has 1 fully saturated rings. The second-order valence-electron chi connectivity index (χ2n) is 3.66. The van der Waals surface area contributed by atoms with Crippen LogP contribution < -0.4 is 0 Å². The Balaban J connectivity index is 2.66. The average molecular weight is 192 g/mol. The molecule has 1 rings (SSSR count). The van der Waals surface area contributed by atoms with Crippen LogP contribution in [-0.4, -0.2) is 25.4 Å². The topological polar surface area (TPSA) is 26.3 Å². The number of esters is 1. The van der Waals surface area contributed by atoms with Gasteiger partial charge < -0.3 is 4.74 Å². The number of halogens is 2. The lowest BCUT2D eigenvalue weighted by molar-refractivity contribution is -0.153. The van der Waals surface area contributed by atoms with Crippen LogP contribution in [0.4, 0.5) is 8.78 Å². The molecule has 0 N–H and O–H groups in total. The lowest BCUT2D eigenvalue weighted by Crippen LogP contribution is -2.40. The fourth-order valence-electron chi connectivity index (χ4n) is 1.82. The molecule has 0 bridgehead atoms. The summed E-state index contributed by atoms with van der Waals surface area (Å²) in [6, 6.07) is 0. The number of hydrogen-bond donors (Lipinski definition) is 0. The van der Waals surface area contributed by atoms with E-state index in [-0.39, 0.29) is 18.8 Å². The molecule has 2 nitrogen and oxygen atoms in total. The summed E-state index contributed by atoms with van der Waals surface area (Å²) >= 11 is 0. The highest BCUT2D eigenvalue weighted by atomic mass is 19.1. The molecule has 13 heavy (non-hydrogen) atoms. The van der Waals surface area contributed by atoms with Crippen LogP contribution in [0.25, 0.3) is 0 Å². The summed E-state index contributed by atoms with van der Waals surface area (Å²) in [5.74, 6) is -1.97. The van der Waals surface area contributed by atoms with Gasteiger partial charge in [0.2, 0.25) is 0 Å². The third kappa shape index (κ3) is 2.17. The molecule has 4 heteroatoms. The molecule has 1 aliphatic rings. The van der Waals surface area contributed by atoms with Crippen molar-refractivity contribution in [1.82, 2.24) is 0 Å². The molecular formula is C9H14F2O2. The molecule has 0 saturated heterocycles. The second kappa shape index (κ2) is 4.03. The number of carbonyl (C=O) groups excluding carboxylic acids is 1. The summed E-state index contributed by atoms with van der Waals surface area (Å²) in [6.07, 6.45) is -2.29. The molecule has 0 amide bonds. The minimum absolute atomic E-state index is 0.00547. The minimum atomic E-state index is -1.40. The van der Waals surface area contributed by atoms with E-state index >= 15 is 0 Å². The maximum absolute atomic E-state index is 13.2. The first kappa shape index (κ1) is 10.4. The van der Waals surface area contributed by atoms with Gasteiger partial charge in [0.1, 0.15) is 18.3 Å². The Morgan fingerprint density at radius 1 is 1.31 bits per heavy atom. The SMILES string of the molecule is COC(=O)C1C(F)CC(C)CC1F. The van der Waals surface area contributed by atoms with Gasteiger partial charge in [-0.1, -0.05) is 6.92 Å². The third-order valence-corrected chi connectivity index (χ3v) is 2.51. The summed E-state index contributed by atoms with van der Waals surface area (Å²) in [5, 5.41) is 0. The molecule has 0 aliphatic heterocycles. The van der Waals surface area contributed by atoms with Gasteiger partial charge in [-0.2, -0.15) is 0 Å². The normalized spacial score (nSPS) is 40.0. The van der Waals surface area contributed by atoms with E-state index in [2.05, 4.69) is 4.74 Å². The zero-order valence-corrected chi connectivity index (χ0v) is 7.80. The standard InChI is InChI=1S/C9H14F2O2/c1-5-3-6(10)8(7(11)4-5)9(12)13-2/h5-8H,3-4H2,1-2H3. The fraction of sp³-hybridized carbons (Fsp3) is 0.889. The Bertz CT molecular complexity index is 184. The van der Waals surface area contributed by atoms with Gasteiger partial charge in [0.05, 0.1) is 7.11 Å². The fourth-order valence-corrected chi connectivity index (χ4v) is 1.82. The number of carbonyl (C=O) groups is 1. The molecule has 76 valence electrons. The highest BCUT2D eigenvalue weighted by Crippen LogP contribution is 2.33. The van der Waals surface area contributed by atoms with E-state index in [0.717, 1.165) is 7.11 Å². The monoisotopic (exact) mass is 192 g/mol. The van der Waals surface area contributed by atoms with Gasteiger partial charge in [-0.3, -0.25) is 4.79 Å². The van der Waals surface area contributed by atoms with Crippen molar-refractivity contribution in [3.63, 3.8) is 0 Å². The molecule has 0 heterocycles. The lowest BCUT2D eigenvalue weighted by atomic mass is 9.80. The van der Waals surface area contributed by atoms with Crippen molar-refractivity contribution >= 4 is 5.97 Å². The highest BCUT2D eigenvalue weighted by molar-refractivity contribution is 5.73. The van der Waals surface area contributed by atoms with Crippen molar-refractivity contribution in [3.05, 3.63) is 0 Å². The van der Waals surface area contributed by atoms with Crippen LogP contribution in [0.15, 0.2) is 0 Å². The van der Waals surface area contributed by atoms with Gasteiger partial charge in [-0.05, 0) is 18.8 Å². The van der Waals surface area contributed by atoms with Gasteiger partial charge >= 0.3 is 5.97 Å². The lowest BCUT2D eigenvalue weighted by Gasteiger charge is -2.30. The van der Waals surface area contributed by atoms with Crippen LogP contribution >= 0.6 is 0 Å². The van der Waals surface area contributed by atoms with Crippen molar-refractivity contribution in [3.8, 4) is 0 Å². The number of hydrogen-bond acceptors (Lipinski definition) is 2. The Morgan fingerprint density at radius 2 is 1.77 bits per heavy atom. The van der Waals surface area contributed by atoms with Crippen molar-refractivity contribution in [2.45, 2.75) is 32.1 Å². The molecule has 2 atom stereocenters. The summed E-state index contributed by atoms with van der Waals surface area (Å²) in [4.78, 5) is 11.0. The van der Waals surface area contributed by atoms with Crippen LogP contribution in [-0.2, 0) is 9.53 Å².